The number of aromatic nitrogens is 3. The summed E-state index contributed by atoms with van der Waals surface area (Å²) in [7, 11) is 2.19. The van der Waals surface area contributed by atoms with Gasteiger partial charge >= 0.3 is 0 Å². The molecule has 41 heavy (non-hydrogen) atoms. The lowest BCUT2D eigenvalue weighted by Crippen LogP contribution is -2.29. The van der Waals surface area contributed by atoms with Crippen LogP contribution in [0.5, 0.6) is 0 Å². The Kier molecular flexibility index (Phi) is 7.61. The average Bonchev–Trinajstić information content (AvgIpc) is 2.99. The first kappa shape index (κ1) is 27.2. The van der Waals surface area contributed by atoms with Crippen LogP contribution < -0.4 is 10.9 Å². The Morgan fingerprint density at radius 3 is 2.39 bits per heavy atom. The number of rotatable bonds is 6. The first-order chi connectivity index (χ1) is 19.9. The molecule has 0 radical (unpaired) electrons. The van der Waals surface area contributed by atoms with Crippen LogP contribution in [0.2, 0.25) is 5.02 Å². The van der Waals surface area contributed by atoms with Gasteiger partial charge in [-0.3, -0.25) is 9.36 Å². The smallest absolute Gasteiger partial charge is 0.260 e. The fraction of sp³-hybridized carbons (Fsp3) is 0.265. The van der Waals surface area contributed by atoms with Crippen molar-refractivity contribution in [1.82, 2.24) is 19.4 Å². The van der Waals surface area contributed by atoms with E-state index < -0.39 is 0 Å². The Morgan fingerprint density at radius 2 is 1.68 bits per heavy atom. The van der Waals surface area contributed by atoms with Crippen molar-refractivity contribution in [3.05, 3.63) is 105 Å². The highest BCUT2D eigenvalue weighted by Gasteiger charge is 2.19. The van der Waals surface area contributed by atoms with E-state index in [-0.39, 0.29) is 5.56 Å². The van der Waals surface area contributed by atoms with E-state index in [1.165, 1.54) is 18.4 Å². The molecule has 0 unspecified atom stereocenters. The molecule has 0 saturated carbocycles. The first-order valence-electron chi connectivity index (χ1n) is 14.2. The molecule has 5 aromatic rings. The molecule has 208 valence electrons. The molecule has 3 aromatic carbocycles. The predicted molar refractivity (Wildman–Crippen MR) is 169 cm³/mol. The number of halogens is 1. The second-order valence-corrected chi connectivity index (χ2v) is 11.3. The zero-order valence-electron chi connectivity index (χ0n) is 23.7. The number of pyridine rings is 1. The highest BCUT2D eigenvalue weighted by atomic mass is 35.5. The van der Waals surface area contributed by atoms with Crippen LogP contribution in [0.4, 0.5) is 11.6 Å². The van der Waals surface area contributed by atoms with Gasteiger partial charge in [-0.05, 0) is 105 Å². The zero-order chi connectivity index (χ0) is 28.5. The average molecular weight is 564 g/mol. The third-order valence-corrected chi connectivity index (χ3v) is 8.50. The van der Waals surface area contributed by atoms with Crippen LogP contribution in [0.25, 0.3) is 33.3 Å². The van der Waals surface area contributed by atoms with Gasteiger partial charge in [-0.25, -0.2) is 4.98 Å². The Labute approximate surface area is 245 Å². The van der Waals surface area contributed by atoms with E-state index in [1.807, 2.05) is 50.2 Å². The molecule has 7 heteroatoms. The molecule has 1 aliphatic rings. The van der Waals surface area contributed by atoms with E-state index in [2.05, 4.69) is 58.6 Å². The number of piperidine rings is 1. The van der Waals surface area contributed by atoms with Gasteiger partial charge in [0.2, 0.25) is 5.95 Å². The van der Waals surface area contributed by atoms with Crippen LogP contribution in [0.3, 0.4) is 0 Å². The van der Waals surface area contributed by atoms with Crippen LogP contribution in [-0.4, -0.2) is 39.6 Å². The molecular weight excluding hydrogens is 530 g/mol. The van der Waals surface area contributed by atoms with Crippen molar-refractivity contribution < 1.29 is 0 Å². The zero-order valence-corrected chi connectivity index (χ0v) is 24.4. The highest BCUT2D eigenvalue weighted by molar-refractivity contribution is 6.33. The van der Waals surface area contributed by atoms with Crippen molar-refractivity contribution >= 4 is 34.3 Å². The minimum Gasteiger partial charge on any atom is -0.324 e. The molecule has 0 spiro atoms. The van der Waals surface area contributed by atoms with Crippen LogP contribution in [0.1, 0.15) is 36.8 Å². The van der Waals surface area contributed by atoms with Crippen molar-refractivity contribution in [2.75, 3.05) is 25.5 Å². The van der Waals surface area contributed by atoms with E-state index >= 15 is 0 Å². The van der Waals surface area contributed by atoms with Crippen LogP contribution in [0.15, 0.2) is 83.8 Å². The Balaban J connectivity index is 1.31. The van der Waals surface area contributed by atoms with Crippen molar-refractivity contribution in [3.8, 4) is 22.3 Å². The molecular formula is C34H34ClN5O. The van der Waals surface area contributed by atoms with Gasteiger partial charge in [0.1, 0.15) is 5.65 Å². The quantitative estimate of drug-likeness (QED) is 0.230. The Hall–Kier alpha value is -4.00. The maximum Gasteiger partial charge on any atom is 0.260 e. The molecule has 3 heterocycles. The lowest BCUT2D eigenvalue weighted by Gasteiger charge is -2.29. The van der Waals surface area contributed by atoms with Gasteiger partial charge in [-0.2, -0.15) is 4.98 Å². The lowest BCUT2D eigenvalue weighted by molar-refractivity contribution is 0.255. The molecule has 0 amide bonds. The van der Waals surface area contributed by atoms with E-state index in [9.17, 15) is 4.79 Å². The van der Waals surface area contributed by atoms with E-state index in [4.69, 9.17) is 16.6 Å². The summed E-state index contributed by atoms with van der Waals surface area (Å²) in [6.45, 7) is 6.75. The fourth-order valence-corrected chi connectivity index (χ4v) is 6.10. The maximum atomic E-state index is 13.7. The van der Waals surface area contributed by atoms with Gasteiger partial charge in [0, 0.05) is 40.0 Å². The first-order valence-corrected chi connectivity index (χ1v) is 14.6. The number of benzene rings is 3. The molecule has 0 atom stereocenters. The molecule has 6 nitrogen and oxygen atoms in total. The number of hydrogen-bond donors (Lipinski definition) is 1. The second-order valence-electron chi connectivity index (χ2n) is 10.9. The van der Waals surface area contributed by atoms with Gasteiger partial charge in [0.05, 0.1) is 0 Å². The highest BCUT2D eigenvalue weighted by Crippen LogP contribution is 2.35. The second kappa shape index (κ2) is 11.5. The summed E-state index contributed by atoms with van der Waals surface area (Å²) in [5.74, 6) is 1.07. The minimum absolute atomic E-state index is 0.124. The van der Waals surface area contributed by atoms with Crippen molar-refractivity contribution in [2.45, 2.75) is 39.2 Å². The number of fused-ring (bicyclic) bond motifs is 1. The van der Waals surface area contributed by atoms with Crippen molar-refractivity contribution in [2.24, 2.45) is 0 Å². The van der Waals surface area contributed by atoms with E-state index in [0.29, 0.717) is 40.2 Å². The third-order valence-electron chi connectivity index (χ3n) is 8.19. The number of anilines is 2. The Bertz CT molecular complexity index is 1760. The van der Waals surface area contributed by atoms with Gasteiger partial charge in [0.15, 0.2) is 0 Å². The van der Waals surface area contributed by atoms with Crippen LogP contribution in [-0.2, 0) is 6.54 Å². The van der Waals surface area contributed by atoms with Crippen LogP contribution >= 0.6 is 11.6 Å². The summed E-state index contributed by atoms with van der Waals surface area (Å²) in [6.07, 6.45) is 4.15. The van der Waals surface area contributed by atoms with Crippen LogP contribution in [0, 0.1) is 6.92 Å². The molecule has 0 aliphatic carbocycles. The van der Waals surface area contributed by atoms with Gasteiger partial charge in [0.25, 0.3) is 5.56 Å². The SMILES string of the molecule is CCn1c(=O)c(-c2cc(C)c(-c3ccccc3)cc2Cl)cc2cnc(Nc3ccc(C4CCN(C)CC4)cc3)nc21. The van der Waals surface area contributed by atoms with Crippen molar-refractivity contribution in [1.29, 1.82) is 0 Å². The third kappa shape index (κ3) is 5.50. The number of nitrogens with one attached hydrogen (secondary N) is 1. The maximum absolute atomic E-state index is 13.7. The fourth-order valence-electron chi connectivity index (χ4n) is 5.83. The summed E-state index contributed by atoms with van der Waals surface area (Å²) in [5, 5.41) is 4.64. The Morgan fingerprint density at radius 1 is 0.951 bits per heavy atom. The van der Waals surface area contributed by atoms with Crippen molar-refractivity contribution in [3.63, 3.8) is 0 Å². The van der Waals surface area contributed by atoms with Gasteiger partial charge in [-0.15, -0.1) is 0 Å². The molecule has 1 fully saturated rings. The molecule has 1 N–H and O–H groups in total. The summed E-state index contributed by atoms with van der Waals surface area (Å²) in [5.41, 5.74) is 7.21. The molecule has 1 saturated heterocycles. The molecule has 1 aliphatic heterocycles. The van der Waals surface area contributed by atoms with E-state index in [1.54, 1.807) is 10.8 Å². The summed E-state index contributed by atoms with van der Waals surface area (Å²) in [6, 6.07) is 24.5. The van der Waals surface area contributed by atoms with E-state index in [0.717, 1.165) is 40.9 Å². The summed E-state index contributed by atoms with van der Waals surface area (Å²) < 4.78 is 1.69. The number of likely N-dealkylation sites (tertiary alicyclic amines) is 1. The molecule has 2 aromatic heterocycles. The lowest BCUT2D eigenvalue weighted by atomic mass is 9.89. The predicted octanol–water partition coefficient (Wildman–Crippen LogP) is 7.66. The topological polar surface area (TPSA) is 63.1 Å². The number of nitrogens with zero attached hydrogens (tertiary/aromatic N) is 4. The monoisotopic (exact) mass is 563 g/mol. The van der Waals surface area contributed by atoms with Gasteiger partial charge < -0.3 is 10.2 Å². The molecule has 0 bridgehead atoms. The standard InChI is InChI=1S/C34H34ClN5O/c1-4-40-32-26(19-30(33(40)41)29-18-22(2)28(20-31(29)35)25-8-6-5-7-9-25)21-36-34(38-32)37-27-12-10-23(11-13-27)24-14-16-39(3)17-15-24/h5-13,18-21,24H,4,14-17H2,1-3H3,(H,36,37,38). The minimum atomic E-state index is -0.124. The number of hydrogen-bond acceptors (Lipinski definition) is 5. The largest absolute Gasteiger partial charge is 0.324 e. The normalized spacial score (nSPS) is 14.4. The summed E-state index contributed by atoms with van der Waals surface area (Å²) in [4.78, 5) is 25.5. The number of aryl methyl sites for hydroxylation is 2. The van der Waals surface area contributed by atoms with Gasteiger partial charge in [-0.1, -0.05) is 54.1 Å². The molecule has 6 rings (SSSR count). The summed E-state index contributed by atoms with van der Waals surface area (Å²) >= 11 is 6.80.